The van der Waals surface area contributed by atoms with Crippen LogP contribution in [0.3, 0.4) is 0 Å². The molecule has 1 amide bonds. The van der Waals surface area contributed by atoms with Gasteiger partial charge in [-0.1, -0.05) is 54.2 Å². The van der Waals surface area contributed by atoms with E-state index in [9.17, 15) is 4.79 Å². The monoisotopic (exact) mass is 425 g/mol. The summed E-state index contributed by atoms with van der Waals surface area (Å²) in [5, 5.41) is 11.8. The van der Waals surface area contributed by atoms with E-state index in [2.05, 4.69) is 20.9 Å². The zero-order chi connectivity index (χ0) is 20.9. The molecule has 0 spiro atoms. The molecule has 1 aliphatic heterocycles. The smallest absolute Gasteiger partial charge is 0.236 e. The molecule has 1 aliphatic rings. The summed E-state index contributed by atoms with van der Waals surface area (Å²) < 4.78 is 12.2. The Hall–Kier alpha value is -3.04. The summed E-state index contributed by atoms with van der Waals surface area (Å²) in [4.78, 5) is 13.0. The van der Waals surface area contributed by atoms with Crippen molar-refractivity contribution in [2.45, 2.75) is 16.4 Å². The Labute approximate surface area is 179 Å². The number of methoxy groups -OCH3 is 2. The van der Waals surface area contributed by atoms with Crippen LogP contribution < -0.4 is 15.5 Å². The Morgan fingerprint density at radius 3 is 2.60 bits per heavy atom. The molecule has 0 bridgehead atoms. The van der Waals surface area contributed by atoms with Gasteiger partial charge in [0.05, 0.1) is 19.8 Å². The van der Waals surface area contributed by atoms with Crippen LogP contribution in [0.1, 0.15) is 11.6 Å². The van der Waals surface area contributed by atoms with Gasteiger partial charge in [-0.15, -0.1) is 10.2 Å². The number of rotatable bonds is 7. The summed E-state index contributed by atoms with van der Waals surface area (Å²) in [6.07, 6.45) is 0. The molecule has 8 nitrogen and oxygen atoms in total. The first-order valence-corrected chi connectivity index (χ1v) is 10.4. The highest BCUT2D eigenvalue weighted by Gasteiger charge is 2.37. The van der Waals surface area contributed by atoms with Crippen molar-refractivity contribution in [3.63, 3.8) is 0 Å². The fourth-order valence-corrected chi connectivity index (χ4v) is 4.37. The summed E-state index contributed by atoms with van der Waals surface area (Å²) >= 11 is 1.39. The maximum atomic E-state index is 13.0. The van der Waals surface area contributed by atoms with Gasteiger partial charge in [0.1, 0.15) is 11.0 Å². The van der Waals surface area contributed by atoms with E-state index in [1.54, 1.807) is 14.2 Å². The quantitative estimate of drug-likeness (QED) is 0.562. The lowest BCUT2D eigenvalue weighted by atomic mass is 10.0. The van der Waals surface area contributed by atoms with E-state index in [-0.39, 0.29) is 11.9 Å². The number of nitrogens with one attached hydrogen (secondary N) is 2. The molecule has 0 unspecified atom stereocenters. The van der Waals surface area contributed by atoms with Crippen molar-refractivity contribution in [3.8, 4) is 17.1 Å². The minimum Gasteiger partial charge on any atom is -0.497 e. The molecule has 0 saturated carbocycles. The molecule has 2 atom stereocenters. The van der Waals surface area contributed by atoms with Crippen molar-refractivity contribution in [1.82, 2.24) is 20.2 Å². The number of ether oxygens (including phenoxy) is 2. The standard InChI is InChI=1S/C21H23N5O3S/c1-28-13-12-22-20(27)18-17(14-8-10-16(29-2)11-9-14)25-26-19(23-24-21(26)30-18)15-6-4-3-5-7-15/h3-11,17-18,25H,12-13H2,1-2H3,(H,22,27)/t17-,18+/m0/s1. The average molecular weight is 426 g/mol. The molecule has 0 aliphatic carbocycles. The molecule has 2 heterocycles. The molecule has 1 aromatic heterocycles. The average Bonchev–Trinajstić information content (AvgIpc) is 3.22. The van der Waals surface area contributed by atoms with Gasteiger partial charge in [0.2, 0.25) is 11.1 Å². The molecule has 0 saturated heterocycles. The number of hydrogen-bond donors (Lipinski definition) is 2. The molecule has 9 heteroatoms. The third kappa shape index (κ3) is 4.12. The summed E-state index contributed by atoms with van der Waals surface area (Å²) in [5.74, 6) is 1.38. The van der Waals surface area contributed by atoms with Crippen molar-refractivity contribution in [1.29, 1.82) is 0 Å². The van der Waals surface area contributed by atoms with Gasteiger partial charge < -0.3 is 20.2 Å². The molecule has 4 rings (SSSR count). The Balaban J connectivity index is 1.67. The first-order chi connectivity index (χ1) is 14.7. The Kier molecular flexibility index (Phi) is 6.20. The third-order valence-electron chi connectivity index (χ3n) is 4.81. The SMILES string of the molecule is COCCNC(=O)[C@@H]1Sc2nnc(-c3ccccc3)n2N[C@H]1c1ccc(OC)cc1. The van der Waals surface area contributed by atoms with Crippen molar-refractivity contribution in [3.05, 3.63) is 60.2 Å². The van der Waals surface area contributed by atoms with E-state index in [1.807, 2.05) is 59.3 Å². The van der Waals surface area contributed by atoms with Gasteiger partial charge in [0, 0.05) is 19.2 Å². The fourth-order valence-electron chi connectivity index (χ4n) is 3.27. The number of aromatic nitrogens is 3. The number of hydrogen-bond acceptors (Lipinski definition) is 7. The predicted molar refractivity (Wildman–Crippen MR) is 115 cm³/mol. The molecule has 30 heavy (non-hydrogen) atoms. The van der Waals surface area contributed by atoms with E-state index in [4.69, 9.17) is 9.47 Å². The number of thioether (sulfide) groups is 1. The van der Waals surface area contributed by atoms with Crippen LogP contribution >= 0.6 is 11.8 Å². The fraction of sp³-hybridized carbons (Fsp3) is 0.286. The topological polar surface area (TPSA) is 90.3 Å². The molecule has 0 radical (unpaired) electrons. The largest absolute Gasteiger partial charge is 0.497 e. The van der Waals surface area contributed by atoms with Gasteiger partial charge in [-0.05, 0) is 17.7 Å². The number of carbonyl (C=O) groups excluding carboxylic acids is 1. The van der Waals surface area contributed by atoms with Gasteiger partial charge in [0.25, 0.3) is 0 Å². The van der Waals surface area contributed by atoms with Gasteiger partial charge in [-0.3, -0.25) is 4.79 Å². The first-order valence-electron chi connectivity index (χ1n) is 9.56. The van der Waals surface area contributed by atoms with Crippen molar-refractivity contribution in [2.75, 3.05) is 32.8 Å². The Morgan fingerprint density at radius 1 is 1.13 bits per heavy atom. The second-order valence-electron chi connectivity index (χ2n) is 6.71. The van der Waals surface area contributed by atoms with Crippen LogP contribution in [0.25, 0.3) is 11.4 Å². The third-order valence-corrected chi connectivity index (χ3v) is 6.02. The van der Waals surface area contributed by atoms with E-state index in [1.165, 1.54) is 11.8 Å². The first kappa shape index (κ1) is 20.2. The van der Waals surface area contributed by atoms with Gasteiger partial charge >= 0.3 is 0 Å². The lowest BCUT2D eigenvalue weighted by Crippen LogP contribution is -2.44. The molecular formula is C21H23N5O3S. The van der Waals surface area contributed by atoms with Crippen LogP contribution in [-0.2, 0) is 9.53 Å². The number of benzene rings is 2. The predicted octanol–water partition coefficient (Wildman–Crippen LogP) is 2.48. The summed E-state index contributed by atoms with van der Waals surface area (Å²) in [6.45, 7) is 0.905. The van der Waals surface area contributed by atoms with Crippen LogP contribution in [0.4, 0.5) is 0 Å². The zero-order valence-electron chi connectivity index (χ0n) is 16.7. The van der Waals surface area contributed by atoms with Crippen LogP contribution in [0.2, 0.25) is 0 Å². The minimum atomic E-state index is -0.421. The maximum absolute atomic E-state index is 13.0. The second kappa shape index (κ2) is 9.19. The highest BCUT2D eigenvalue weighted by Crippen LogP contribution is 2.38. The maximum Gasteiger partial charge on any atom is 0.236 e. The van der Waals surface area contributed by atoms with Crippen molar-refractivity contribution >= 4 is 17.7 Å². The van der Waals surface area contributed by atoms with E-state index >= 15 is 0 Å². The summed E-state index contributed by atoms with van der Waals surface area (Å²) in [5.41, 5.74) is 5.37. The summed E-state index contributed by atoms with van der Waals surface area (Å²) in [7, 11) is 3.24. The number of amides is 1. The second-order valence-corrected chi connectivity index (χ2v) is 7.82. The van der Waals surface area contributed by atoms with Gasteiger partial charge in [-0.25, -0.2) is 4.68 Å². The Bertz CT molecular complexity index is 994. The lowest BCUT2D eigenvalue weighted by Gasteiger charge is -2.33. The van der Waals surface area contributed by atoms with Gasteiger partial charge in [0.15, 0.2) is 5.82 Å². The number of fused-ring (bicyclic) bond motifs is 1. The van der Waals surface area contributed by atoms with E-state index < -0.39 is 5.25 Å². The number of nitrogens with zero attached hydrogens (tertiary/aromatic N) is 3. The minimum absolute atomic E-state index is 0.0825. The molecule has 2 aromatic carbocycles. The summed E-state index contributed by atoms with van der Waals surface area (Å²) in [6, 6.07) is 17.3. The van der Waals surface area contributed by atoms with E-state index in [0.717, 1.165) is 16.9 Å². The van der Waals surface area contributed by atoms with Crippen molar-refractivity contribution in [2.24, 2.45) is 0 Å². The van der Waals surface area contributed by atoms with Crippen LogP contribution in [0.5, 0.6) is 5.75 Å². The molecular weight excluding hydrogens is 402 g/mol. The molecule has 0 fully saturated rings. The highest BCUT2D eigenvalue weighted by molar-refractivity contribution is 8.00. The van der Waals surface area contributed by atoms with E-state index in [0.29, 0.717) is 24.1 Å². The number of carbonyl (C=O) groups is 1. The van der Waals surface area contributed by atoms with Crippen LogP contribution in [0, 0.1) is 0 Å². The normalized spacial score (nSPS) is 17.7. The lowest BCUT2D eigenvalue weighted by molar-refractivity contribution is -0.121. The highest BCUT2D eigenvalue weighted by atomic mass is 32.2. The molecule has 3 aromatic rings. The van der Waals surface area contributed by atoms with Crippen LogP contribution in [0.15, 0.2) is 59.8 Å². The van der Waals surface area contributed by atoms with Gasteiger partial charge in [-0.2, -0.15) is 0 Å². The van der Waals surface area contributed by atoms with Crippen LogP contribution in [-0.4, -0.2) is 53.4 Å². The van der Waals surface area contributed by atoms with Crippen molar-refractivity contribution < 1.29 is 14.3 Å². The zero-order valence-corrected chi connectivity index (χ0v) is 17.6. The Morgan fingerprint density at radius 2 is 1.90 bits per heavy atom. The molecule has 156 valence electrons. The molecule has 2 N–H and O–H groups in total.